The summed E-state index contributed by atoms with van der Waals surface area (Å²) in [6.45, 7) is 1.40. The van der Waals surface area contributed by atoms with Crippen LogP contribution in [0.3, 0.4) is 0 Å². The van der Waals surface area contributed by atoms with Gasteiger partial charge in [0.25, 0.3) is 5.56 Å². The van der Waals surface area contributed by atoms with Gasteiger partial charge in [-0.05, 0) is 30.6 Å². The van der Waals surface area contributed by atoms with Gasteiger partial charge in [0.05, 0.1) is 6.54 Å². The van der Waals surface area contributed by atoms with Crippen molar-refractivity contribution in [3.05, 3.63) is 62.8 Å². The lowest BCUT2D eigenvalue weighted by molar-refractivity contribution is 0.313. The lowest BCUT2D eigenvalue weighted by atomic mass is 10.2. The highest BCUT2D eigenvalue weighted by molar-refractivity contribution is 7.09. The molecule has 1 N–H and O–H groups in total. The molecule has 0 aliphatic carbocycles. The van der Waals surface area contributed by atoms with Crippen molar-refractivity contribution in [1.29, 1.82) is 0 Å². The predicted octanol–water partition coefficient (Wildman–Crippen LogP) is 3.36. The number of H-pyrrole nitrogens is 1. The molecule has 6 heteroatoms. The first kappa shape index (κ1) is 14.2. The van der Waals surface area contributed by atoms with Crippen LogP contribution in [-0.2, 0) is 13.1 Å². The molecule has 0 atom stereocenters. The minimum absolute atomic E-state index is 0.231. The Bertz CT molecular complexity index is 1020. The fourth-order valence-corrected chi connectivity index (χ4v) is 3.49. The van der Waals surface area contributed by atoms with Crippen molar-refractivity contribution in [2.45, 2.75) is 13.1 Å². The molecule has 116 valence electrons. The Labute approximate surface area is 136 Å². The van der Waals surface area contributed by atoms with E-state index in [1.165, 1.54) is 4.88 Å². The van der Waals surface area contributed by atoms with E-state index < -0.39 is 0 Å². The lowest BCUT2D eigenvalue weighted by Gasteiger charge is -2.14. The number of aromatic amines is 1. The van der Waals surface area contributed by atoms with Gasteiger partial charge in [-0.3, -0.25) is 9.69 Å². The molecule has 4 aromatic rings. The van der Waals surface area contributed by atoms with Crippen LogP contribution in [0.4, 0.5) is 0 Å². The Balaban J connectivity index is 1.70. The number of thiophene rings is 1. The van der Waals surface area contributed by atoms with E-state index in [0.29, 0.717) is 23.5 Å². The molecule has 0 fully saturated rings. The van der Waals surface area contributed by atoms with E-state index in [4.69, 9.17) is 4.42 Å². The summed E-state index contributed by atoms with van der Waals surface area (Å²) in [6, 6.07) is 11.7. The molecular formula is C17H15N3O2S. The summed E-state index contributed by atoms with van der Waals surface area (Å²) in [5.41, 5.74) is 1.37. The molecule has 0 saturated heterocycles. The Morgan fingerprint density at radius 1 is 1.22 bits per heavy atom. The lowest BCUT2D eigenvalue weighted by Crippen LogP contribution is -2.21. The SMILES string of the molecule is CN(Cc1nc2c(oc3ccccc32)c(=O)[nH]1)Cc1cccs1. The van der Waals surface area contributed by atoms with Crippen molar-refractivity contribution in [1.82, 2.24) is 14.9 Å². The Hall–Kier alpha value is -2.44. The first-order valence-electron chi connectivity index (χ1n) is 7.32. The van der Waals surface area contributed by atoms with Crippen LogP contribution < -0.4 is 5.56 Å². The fraction of sp³-hybridized carbons (Fsp3) is 0.176. The van der Waals surface area contributed by atoms with Gasteiger partial charge in [0.2, 0.25) is 5.58 Å². The highest BCUT2D eigenvalue weighted by atomic mass is 32.1. The molecular weight excluding hydrogens is 310 g/mol. The molecule has 0 saturated carbocycles. The molecule has 0 radical (unpaired) electrons. The number of benzene rings is 1. The molecule has 0 unspecified atom stereocenters. The summed E-state index contributed by atoms with van der Waals surface area (Å²) in [7, 11) is 2.01. The minimum atomic E-state index is -0.231. The number of aromatic nitrogens is 2. The Morgan fingerprint density at radius 2 is 2.09 bits per heavy atom. The number of furan rings is 1. The van der Waals surface area contributed by atoms with Crippen LogP contribution >= 0.6 is 11.3 Å². The minimum Gasteiger partial charge on any atom is -0.449 e. The van der Waals surface area contributed by atoms with Gasteiger partial charge in [0.1, 0.15) is 16.9 Å². The van der Waals surface area contributed by atoms with Crippen LogP contribution in [-0.4, -0.2) is 21.9 Å². The molecule has 4 rings (SSSR count). The van der Waals surface area contributed by atoms with E-state index in [0.717, 1.165) is 11.9 Å². The van der Waals surface area contributed by atoms with Gasteiger partial charge in [-0.15, -0.1) is 11.3 Å². The maximum absolute atomic E-state index is 12.3. The van der Waals surface area contributed by atoms with Crippen LogP contribution in [0.1, 0.15) is 10.7 Å². The van der Waals surface area contributed by atoms with Crippen LogP contribution in [0.25, 0.3) is 22.1 Å². The van der Waals surface area contributed by atoms with Crippen molar-refractivity contribution in [3.63, 3.8) is 0 Å². The quantitative estimate of drug-likeness (QED) is 0.625. The number of hydrogen-bond donors (Lipinski definition) is 1. The summed E-state index contributed by atoms with van der Waals surface area (Å²) in [4.78, 5) is 23.1. The third kappa shape index (κ3) is 2.67. The van der Waals surface area contributed by atoms with Crippen molar-refractivity contribution >= 4 is 33.4 Å². The highest BCUT2D eigenvalue weighted by Crippen LogP contribution is 2.24. The van der Waals surface area contributed by atoms with Gasteiger partial charge in [-0.2, -0.15) is 0 Å². The van der Waals surface area contributed by atoms with E-state index in [-0.39, 0.29) is 11.1 Å². The second-order valence-corrected chi connectivity index (χ2v) is 6.57. The van der Waals surface area contributed by atoms with E-state index in [1.54, 1.807) is 11.3 Å². The van der Waals surface area contributed by atoms with Crippen molar-refractivity contribution in [2.24, 2.45) is 0 Å². The number of rotatable bonds is 4. The molecule has 0 spiro atoms. The van der Waals surface area contributed by atoms with Crippen molar-refractivity contribution in [3.8, 4) is 0 Å². The molecule has 0 aliphatic heterocycles. The maximum Gasteiger partial charge on any atom is 0.294 e. The van der Waals surface area contributed by atoms with Crippen LogP contribution in [0.2, 0.25) is 0 Å². The maximum atomic E-state index is 12.3. The number of fused-ring (bicyclic) bond motifs is 3. The average molecular weight is 325 g/mol. The standard InChI is InChI=1S/C17H15N3O2S/c1-20(9-11-5-4-8-23-11)10-14-18-15-12-6-2-3-7-13(12)22-16(15)17(21)19-14/h2-8H,9-10H2,1H3,(H,18,19,21). The zero-order valence-electron chi connectivity index (χ0n) is 12.6. The number of para-hydroxylation sites is 1. The Morgan fingerprint density at radius 3 is 2.91 bits per heavy atom. The van der Waals surface area contributed by atoms with E-state index in [1.807, 2.05) is 37.4 Å². The van der Waals surface area contributed by atoms with Gasteiger partial charge >= 0.3 is 0 Å². The van der Waals surface area contributed by atoms with Gasteiger partial charge in [0, 0.05) is 16.8 Å². The molecule has 3 aromatic heterocycles. The summed E-state index contributed by atoms with van der Waals surface area (Å²) in [5.74, 6) is 0.646. The smallest absolute Gasteiger partial charge is 0.294 e. The summed E-state index contributed by atoms with van der Waals surface area (Å²) in [5, 5.41) is 2.93. The monoisotopic (exact) mass is 325 g/mol. The van der Waals surface area contributed by atoms with E-state index in [2.05, 4.69) is 26.3 Å². The van der Waals surface area contributed by atoms with Crippen LogP contribution in [0.15, 0.2) is 51.0 Å². The molecule has 5 nitrogen and oxygen atoms in total. The molecule has 1 aromatic carbocycles. The second-order valence-electron chi connectivity index (χ2n) is 5.54. The topological polar surface area (TPSA) is 62.1 Å². The largest absolute Gasteiger partial charge is 0.449 e. The molecule has 0 aliphatic rings. The summed E-state index contributed by atoms with van der Waals surface area (Å²) in [6.07, 6.45) is 0. The molecule has 23 heavy (non-hydrogen) atoms. The zero-order chi connectivity index (χ0) is 15.8. The Kier molecular flexibility index (Phi) is 3.48. The number of nitrogens with zero attached hydrogens (tertiary/aromatic N) is 2. The highest BCUT2D eigenvalue weighted by Gasteiger charge is 2.13. The van der Waals surface area contributed by atoms with E-state index in [9.17, 15) is 4.79 Å². The van der Waals surface area contributed by atoms with Crippen LogP contribution in [0, 0.1) is 0 Å². The number of hydrogen-bond acceptors (Lipinski definition) is 5. The molecule has 3 heterocycles. The summed E-state index contributed by atoms with van der Waals surface area (Å²) < 4.78 is 5.61. The molecule has 0 amide bonds. The third-order valence-corrected chi connectivity index (χ3v) is 4.57. The fourth-order valence-electron chi connectivity index (χ4n) is 2.70. The second kappa shape index (κ2) is 5.64. The zero-order valence-corrected chi connectivity index (χ0v) is 13.4. The van der Waals surface area contributed by atoms with Gasteiger partial charge in [0.15, 0.2) is 0 Å². The number of nitrogens with one attached hydrogen (secondary N) is 1. The summed E-state index contributed by atoms with van der Waals surface area (Å²) >= 11 is 1.72. The predicted molar refractivity (Wildman–Crippen MR) is 91.6 cm³/mol. The van der Waals surface area contributed by atoms with Gasteiger partial charge in [-0.1, -0.05) is 18.2 Å². The first-order valence-corrected chi connectivity index (χ1v) is 8.20. The first-order chi connectivity index (χ1) is 11.2. The van der Waals surface area contributed by atoms with Gasteiger partial charge < -0.3 is 9.40 Å². The molecule has 0 bridgehead atoms. The normalized spacial score (nSPS) is 11.7. The van der Waals surface area contributed by atoms with E-state index >= 15 is 0 Å². The van der Waals surface area contributed by atoms with Crippen molar-refractivity contribution < 1.29 is 4.42 Å². The average Bonchev–Trinajstić information content (AvgIpc) is 3.15. The van der Waals surface area contributed by atoms with Crippen molar-refractivity contribution in [2.75, 3.05) is 7.05 Å². The third-order valence-electron chi connectivity index (χ3n) is 3.71. The van der Waals surface area contributed by atoms with Crippen LogP contribution in [0.5, 0.6) is 0 Å². The van der Waals surface area contributed by atoms with Gasteiger partial charge in [-0.25, -0.2) is 4.98 Å².